The second-order valence-corrected chi connectivity index (χ2v) is 6.64. The SMILES string of the molecule is Cc1cc(Cl)ccc1NC(=O)CSC(C)c1ccccc1. The van der Waals surface area contributed by atoms with Gasteiger partial charge in [0.05, 0.1) is 5.75 Å². The average Bonchev–Trinajstić information content (AvgIpc) is 2.48. The zero-order valence-corrected chi connectivity index (χ0v) is 13.7. The fraction of sp³-hybridized carbons (Fsp3) is 0.235. The minimum atomic E-state index is 0.00760. The Morgan fingerprint density at radius 1 is 1.24 bits per heavy atom. The molecule has 0 aromatic heterocycles. The van der Waals surface area contributed by atoms with Crippen LogP contribution in [0.15, 0.2) is 48.5 Å². The molecule has 1 unspecified atom stereocenters. The van der Waals surface area contributed by atoms with E-state index in [1.807, 2.05) is 37.3 Å². The van der Waals surface area contributed by atoms with Gasteiger partial charge < -0.3 is 5.32 Å². The molecule has 0 aliphatic carbocycles. The van der Waals surface area contributed by atoms with Crippen molar-refractivity contribution in [2.45, 2.75) is 19.1 Å². The van der Waals surface area contributed by atoms with Crippen molar-refractivity contribution in [3.63, 3.8) is 0 Å². The van der Waals surface area contributed by atoms with Crippen LogP contribution in [-0.2, 0) is 4.79 Å². The Balaban J connectivity index is 1.87. The number of anilines is 1. The van der Waals surface area contributed by atoms with Crippen molar-refractivity contribution in [2.75, 3.05) is 11.1 Å². The van der Waals surface area contributed by atoms with Crippen LogP contribution >= 0.6 is 23.4 Å². The van der Waals surface area contributed by atoms with Gasteiger partial charge in [-0.2, -0.15) is 0 Å². The number of rotatable bonds is 5. The van der Waals surface area contributed by atoms with E-state index in [4.69, 9.17) is 11.6 Å². The van der Waals surface area contributed by atoms with Gasteiger partial charge in [0.2, 0.25) is 5.91 Å². The van der Waals surface area contributed by atoms with Crippen molar-refractivity contribution >= 4 is 35.0 Å². The number of aryl methyl sites for hydroxylation is 1. The van der Waals surface area contributed by atoms with Crippen molar-refractivity contribution in [1.29, 1.82) is 0 Å². The molecule has 2 nitrogen and oxygen atoms in total. The van der Waals surface area contributed by atoms with Gasteiger partial charge in [0.25, 0.3) is 0 Å². The summed E-state index contributed by atoms with van der Waals surface area (Å²) in [5.74, 6) is 0.436. The summed E-state index contributed by atoms with van der Waals surface area (Å²) in [6, 6.07) is 15.7. The van der Waals surface area contributed by atoms with E-state index in [-0.39, 0.29) is 5.91 Å². The molecule has 110 valence electrons. The summed E-state index contributed by atoms with van der Waals surface area (Å²) < 4.78 is 0. The van der Waals surface area contributed by atoms with Crippen LogP contribution < -0.4 is 5.32 Å². The minimum Gasteiger partial charge on any atom is -0.325 e. The highest BCUT2D eigenvalue weighted by atomic mass is 35.5. The summed E-state index contributed by atoms with van der Waals surface area (Å²) in [7, 11) is 0. The second kappa shape index (κ2) is 7.53. The zero-order valence-electron chi connectivity index (χ0n) is 12.1. The summed E-state index contributed by atoms with van der Waals surface area (Å²) in [5.41, 5.74) is 3.02. The smallest absolute Gasteiger partial charge is 0.234 e. The molecule has 0 bridgehead atoms. The number of benzene rings is 2. The molecule has 0 aliphatic heterocycles. The Morgan fingerprint density at radius 3 is 2.62 bits per heavy atom. The maximum Gasteiger partial charge on any atom is 0.234 e. The van der Waals surface area contributed by atoms with Gasteiger partial charge in [-0.15, -0.1) is 11.8 Å². The first-order valence-corrected chi connectivity index (χ1v) is 8.21. The summed E-state index contributed by atoms with van der Waals surface area (Å²) in [5, 5.41) is 3.90. The molecule has 2 aromatic rings. The Kier molecular flexibility index (Phi) is 5.71. The molecule has 4 heteroatoms. The molecule has 0 spiro atoms. The highest BCUT2D eigenvalue weighted by Crippen LogP contribution is 2.28. The molecular formula is C17H18ClNOS. The Morgan fingerprint density at radius 2 is 1.95 bits per heavy atom. The molecule has 0 heterocycles. The molecule has 0 fully saturated rings. The van der Waals surface area contributed by atoms with Crippen LogP contribution in [0.3, 0.4) is 0 Å². The first kappa shape index (κ1) is 15.9. The van der Waals surface area contributed by atoms with Crippen LogP contribution in [0.4, 0.5) is 5.69 Å². The van der Waals surface area contributed by atoms with E-state index in [1.54, 1.807) is 17.8 Å². The van der Waals surface area contributed by atoms with Gasteiger partial charge in [-0.3, -0.25) is 4.79 Å². The molecule has 1 amide bonds. The lowest BCUT2D eigenvalue weighted by Crippen LogP contribution is -2.15. The van der Waals surface area contributed by atoms with E-state index in [0.717, 1.165) is 11.3 Å². The molecule has 1 atom stereocenters. The van der Waals surface area contributed by atoms with E-state index >= 15 is 0 Å². The van der Waals surface area contributed by atoms with Gasteiger partial charge in [0.1, 0.15) is 0 Å². The molecule has 0 saturated heterocycles. The molecule has 2 rings (SSSR count). The summed E-state index contributed by atoms with van der Waals surface area (Å²) in [6.45, 7) is 4.04. The minimum absolute atomic E-state index is 0.00760. The second-order valence-electron chi connectivity index (χ2n) is 4.87. The van der Waals surface area contributed by atoms with E-state index < -0.39 is 0 Å². The summed E-state index contributed by atoms with van der Waals surface area (Å²) >= 11 is 7.53. The first-order chi connectivity index (χ1) is 10.1. The Labute approximate surface area is 134 Å². The van der Waals surface area contributed by atoms with Crippen molar-refractivity contribution < 1.29 is 4.79 Å². The fourth-order valence-corrected chi connectivity index (χ4v) is 3.02. The van der Waals surface area contributed by atoms with Crippen LogP contribution in [0.1, 0.15) is 23.3 Å². The van der Waals surface area contributed by atoms with Gasteiger partial charge in [-0.1, -0.05) is 41.9 Å². The maximum atomic E-state index is 12.0. The van der Waals surface area contributed by atoms with Crippen LogP contribution in [0, 0.1) is 6.92 Å². The van der Waals surface area contributed by atoms with Crippen LogP contribution in [0.5, 0.6) is 0 Å². The number of carbonyl (C=O) groups is 1. The van der Waals surface area contributed by atoms with Gasteiger partial charge in [-0.25, -0.2) is 0 Å². The standard InChI is InChI=1S/C17H18ClNOS/c1-12-10-15(18)8-9-16(12)19-17(20)11-21-13(2)14-6-4-3-5-7-14/h3-10,13H,11H2,1-2H3,(H,19,20). The quantitative estimate of drug-likeness (QED) is 0.832. The highest BCUT2D eigenvalue weighted by Gasteiger charge is 2.10. The molecule has 21 heavy (non-hydrogen) atoms. The van der Waals surface area contributed by atoms with E-state index in [2.05, 4.69) is 24.4 Å². The number of hydrogen-bond donors (Lipinski definition) is 1. The van der Waals surface area contributed by atoms with Crippen LogP contribution in [0.25, 0.3) is 0 Å². The van der Waals surface area contributed by atoms with Gasteiger partial charge in [0, 0.05) is 16.0 Å². The van der Waals surface area contributed by atoms with Gasteiger partial charge in [0.15, 0.2) is 0 Å². The van der Waals surface area contributed by atoms with E-state index in [1.165, 1.54) is 5.56 Å². The monoisotopic (exact) mass is 319 g/mol. The third kappa shape index (κ3) is 4.80. The van der Waals surface area contributed by atoms with Gasteiger partial charge in [-0.05, 0) is 43.2 Å². The van der Waals surface area contributed by atoms with Crippen LogP contribution in [0.2, 0.25) is 5.02 Å². The maximum absolute atomic E-state index is 12.0. The van der Waals surface area contributed by atoms with Crippen molar-refractivity contribution in [3.05, 3.63) is 64.7 Å². The number of thioether (sulfide) groups is 1. The number of nitrogens with one attached hydrogen (secondary N) is 1. The number of halogens is 1. The first-order valence-electron chi connectivity index (χ1n) is 6.79. The van der Waals surface area contributed by atoms with Gasteiger partial charge >= 0.3 is 0 Å². The lowest BCUT2D eigenvalue weighted by molar-refractivity contribution is -0.113. The lowest BCUT2D eigenvalue weighted by atomic mass is 10.2. The number of hydrogen-bond acceptors (Lipinski definition) is 2. The topological polar surface area (TPSA) is 29.1 Å². The summed E-state index contributed by atoms with van der Waals surface area (Å²) in [6.07, 6.45) is 0. The molecule has 0 saturated carbocycles. The fourth-order valence-electron chi connectivity index (χ4n) is 1.97. The van der Waals surface area contributed by atoms with Crippen LogP contribution in [-0.4, -0.2) is 11.7 Å². The van der Waals surface area contributed by atoms with E-state index in [0.29, 0.717) is 16.0 Å². The molecule has 0 aliphatic rings. The third-order valence-electron chi connectivity index (χ3n) is 3.20. The molecule has 1 N–H and O–H groups in total. The highest BCUT2D eigenvalue weighted by molar-refractivity contribution is 8.00. The normalized spacial score (nSPS) is 12.0. The van der Waals surface area contributed by atoms with Crippen molar-refractivity contribution in [2.24, 2.45) is 0 Å². The average molecular weight is 320 g/mol. The Bertz CT molecular complexity index is 615. The number of amides is 1. The molecular weight excluding hydrogens is 302 g/mol. The van der Waals surface area contributed by atoms with E-state index in [9.17, 15) is 4.79 Å². The largest absolute Gasteiger partial charge is 0.325 e. The lowest BCUT2D eigenvalue weighted by Gasteiger charge is -2.12. The molecule has 0 radical (unpaired) electrons. The zero-order chi connectivity index (χ0) is 15.2. The molecule has 2 aromatic carbocycles. The van der Waals surface area contributed by atoms with Crippen molar-refractivity contribution in [3.8, 4) is 0 Å². The predicted octanol–water partition coefficient (Wildman–Crippen LogP) is 5.08. The Hall–Kier alpha value is -1.45. The van der Waals surface area contributed by atoms with Crippen molar-refractivity contribution in [1.82, 2.24) is 0 Å². The third-order valence-corrected chi connectivity index (χ3v) is 4.63. The predicted molar refractivity (Wildman–Crippen MR) is 92.1 cm³/mol. The number of carbonyl (C=O) groups excluding carboxylic acids is 1. The summed E-state index contributed by atoms with van der Waals surface area (Å²) in [4.78, 5) is 12.0.